The van der Waals surface area contributed by atoms with Crippen molar-refractivity contribution in [3.8, 4) is 17.2 Å². The molecule has 0 aliphatic heterocycles. The normalized spacial score (nSPS) is 11.1. The van der Waals surface area contributed by atoms with Gasteiger partial charge in [-0.25, -0.2) is 9.78 Å². The molecule has 2 aromatic heterocycles. The number of rotatable bonds is 8. The van der Waals surface area contributed by atoms with Crippen molar-refractivity contribution in [1.82, 2.24) is 14.8 Å². The Hall–Kier alpha value is -3.87. The lowest BCUT2D eigenvalue weighted by molar-refractivity contribution is 0.0695. The van der Waals surface area contributed by atoms with Gasteiger partial charge >= 0.3 is 5.97 Å². The van der Waals surface area contributed by atoms with Crippen molar-refractivity contribution in [2.45, 2.75) is 39.8 Å². The van der Waals surface area contributed by atoms with Crippen LogP contribution in [0.1, 0.15) is 52.8 Å². The second kappa shape index (κ2) is 9.09. The number of oxazole rings is 1. The minimum Gasteiger partial charge on any atom is -0.487 e. The SMILES string of the molecule is Cc1oc(-c2ccccc2)nc1COc1ccc(Cn2cc(C(=O)O)c(C(C)C)n2)cc1. The summed E-state index contributed by atoms with van der Waals surface area (Å²) in [4.78, 5) is 16.0. The number of aryl methyl sites for hydroxylation is 1. The molecule has 0 aliphatic rings. The number of nitrogens with zero attached hydrogens (tertiary/aromatic N) is 3. The number of benzene rings is 2. The fourth-order valence-corrected chi connectivity index (χ4v) is 3.40. The molecule has 2 heterocycles. The number of aromatic carboxylic acids is 1. The standard InChI is InChI=1S/C25H25N3O4/c1-16(2)23-21(25(29)30)14-28(27-23)13-18-9-11-20(12-10-18)31-15-22-17(3)32-24(26-22)19-7-5-4-6-8-19/h4-12,14,16H,13,15H2,1-3H3,(H,29,30). The summed E-state index contributed by atoms with van der Waals surface area (Å²) in [7, 11) is 0. The largest absolute Gasteiger partial charge is 0.487 e. The van der Waals surface area contributed by atoms with Gasteiger partial charge < -0.3 is 14.3 Å². The van der Waals surface area contributed by atoms with Crippen LogP contribution in [-0.4, -0.2) is 25.8 Å². The van der Waals surface area contributed by atoms with Crippen molar-refractivity contribution >= 4 is 5.97 Å². The third-order valence-corrected chi connectivity index (χ3v) is 5.12. The molecule has 2 aromatic carbocycles. The lowest BCUT2D eigenvalue weighted by Crippen LogP contribution is -2.02. The highest BCUT2D eigenvalue weighted by Gasteiger charge is 2.18. The van der Waals surface area contributed by atoms with Gasteiger partial charge in [-0.15, -0.1) is 0 Å². The van der Waals surface area contributed by atoms with Crippen molar-refractivity contribution in [2.75, 3.05) is 0 Å². The van der Waals surface area contributed by atoms with Gasteiger partial charge in [0.2, 0.25) is 5.89 Å². The number of hydrogen-bond acceptors (Lipinski definition) is 5. The molecule has 7 heteroatoms. The zero-order valence-electron chi connectivity index (χ0n) is 18.3. The van der Waals surface area contributed by atoms with Crippen molar-refractivity contribution in [3.63, 3.8) is 0 Å². The van der Waals surface area contributed by atoms with E-state index in [0.717, 1.165) is 22.6 Å². The molecular weight excluding hydrogens is 406 g/mol. The molecule has 0 fully saturated rings. The third kappa shape index (κ3) is 4.72. The molecule has 4 rings (SSSR count). The summed E-state index contributed by atoms with van der Waals surface area (Å²) in [6, 6.07) is 17.4. The average molecular weight is 431 g/mol. The Balaban J connectivity index is 1.40. The maximum atomic E-state index is 11.4. The summed E-state index contributed by atoms with van der Waals surface area (Å²) < 4.78 is 13.3. The Bertz CT molecular complexity index is 1210. The zero-order chi connectivity index (χ0) is 22.7. The first-order valence-corrected chi connectivity index (χ1v) is 10.4. The summed E-state index contributed by atoms with van der Waals surface area (Å²) in [6.45, 7) is 6.54. The Morgan fingerprint density at radius 1 is 1.12 bits per heavy atom. The van der Waals surface area contributed by atoms with E-state index in [4.69, 9.17) is 9.15 Å². The van der Waals surface area contributed by atoms with Gasteiger partial charge in [0.25, 0.3) is 0 Å². The van der Waals surface area contributed by atoms with Gasteiger partial charge in [0, 0.05) is 11.8 Å². The highest BCUT2D eigenvalue weighted by molar-refractivity contribution is 5.88. The van der Waals surface area contributed by atoms with Crippen LogP contribution < -0.4 is 4.74 Å². The van der Waals surface area contributed by atoms with Crippen LogP contribution in [0.2, 0.25) is 0 Å². The van der Waals surface area contributed by atoms with Gasteiger partial charge in [-0.3, -0.25) is 4.68 Å². The van der Waals surface area contributed by atoms with Crippen LogP contribution in [0.5, 0.6) is 5.75 Å². The molecule has 0 saturated heterocycles. The Morgan fingerprint density at radius 3 is 2.47 bits per heavy atom. The van der Waals surface area contributed by atoms with Gasteiger partial charge in [0.15, 0.2) is 0 Å². The number of carboxylic acids is 1. The van der Waals surface area contributed by atoms with Gasteiger partial charge in [0.05, 0.1) is 12.2 Å². The van der Waals surface area contributed by atoms with Crippen molar-refractivity contribution in [2.24, 2.45) is 0 Å². The summed E-state index contributed by atoms with van der Waals surface area (Å²) in [6.07, 6.45) is 1.58. The lowest BCUT2D eigenvalue weighted by Gasteiger charge is -2.07. The molecule has 0 unspecified atom stereocenters. The molecule has 0 saturated carbocycles. The lowest BCUT2D eigenvalue weighted by atomic mass is 10.1. The van der Waals surface area contributed by atoms with E-state index in [-0.39, 0.29) is 11.5 Å². The second-order valence-corrected chi connectivity index (χ2v) is 7.91. The molecule has 0 bridgehead atoms. The topological polar surface area (TPSA) is 90.4 Å². The average Bonchev–Trinajstić information content (AvgIpc) is 3.38. The Kier molecular flexibility index (Phi) is 6.07. The first-order valence-electron chi connectivity index (χ1n) is 10.4. The smallest absolute Gasteiger partial charge is 0.339 e. The third-order valence-electron chi connectivity index (χ3n) is 5.12. The molecule has 0 aliphatic carbocycles. The van der Waals surface area contributed by atoms with E-state index >= 15 is 0 Å². The highest BCUT2D eigenvalue weighted by Crippen LogP contribution is 2.23. The van der Waals surface area contributed by atoms with Crippen LogP contribution in [0.3, 0.4) is 0 Å². The number of ether oxygens (including phenoxy) is 1. The van der Waals surface area contributed by atoms with Crippen LogP contribution in [0.25, 0.3) is 11.5 Å². The van der Waals surface area contributed by atoms with Crippen molar-refractivity contribution < 1.29 is 19.1 Å². The first-order chi connectivity index (χ1) is 15.4. The molecular formula is C25H25N3O4. The van der Waals surface area contributed by atoms with Crippen molar-refractivity contribution in [1.29, 1.82) is 0 Å². The van der Waals surface area contributed by atoms with E-state index in [2.05, 4.69) is 10.1 Å². The van der Waals surface area contributed by atoms with E-state index in [1.54, 1.807) is 10.9 Å². The molecule has 0 amide bonds. The van der Waals surface area contributed by atoms with Crippen LogP contribution in [0.4, 0.5) is 0 Å². The summed E-state index contributed by atoms with van der Waals surface area (Å²) in [5.41, 5.74) is 3.52. The zero-order valence-corrected chi connectivity index (χ0v) is 18.3. The van der Waals surface area contributed by atoms with Crippen LogP contribution in [0, 0.1) is 6.92 Å². The Morgan fingerprint density at radius 2 is 1.84 bits per heavy atom. The molecule has 32 heavy (non-hydrogen) atoms. The van der Waals surface area contributed by atoms with E-state index in [9.17, 15) is 9.90 Å². The van der Waals surface area contributed by atoms with Crippen LogP contribution in [-0.2, 0) is 13.2 Å². The van der Waals surface area contributed by atoms with E-state index in [0.29, 0.717) is 30.5 Å². The summed E-state index contributed by atoms with van der Waals surface area (Å²) in [5, 5.41) is 13.8. The first kappa shape index (κ1) is 21.4. The predicted molar refractivity (Wildman–Crippen MR) is 120 cm³/mol. The van der Waals surface area contributed by atoms with Gasteiger partial charge in [-0.1, -0.05) is 44.2 Å². The van der Waals surface area contributed by atoms with Gasteiger partial charge in [-0.2, -0.15) is 5.10 Å². The molecule has 1 N–H and O–H groups in total. The van der Waals surface area contributed by atoms with E-state index in [1.807, 2.05) is 75.4 Å². The fourth-order valence-electron chi connectivity index (χ4n) is 3.40. The van der Waals surface area contributed by atoms with Crippen molar-refractivity contribution in [3.05, 3.63) is 89.1 Å². The van der Waals surface area contributed by atoms with Gasteiger partial charge in [0.1, 0.15) is 29.4 Å². The van der Waals surface area contributed by atoms with Crippen LogP contribution >= 0.6 is 0 Å². The monoisotopic (exact) mass is 431 g/mol. The molecule has 7 nitrogen and oxygen atoms in total. The Labute approximate surface area is 186 Å². The highest BCUT2D eigenvalue weighted by atomic mass is 16.5. The number of carboxylic acid groups (broad SMARTS) is 1. The molecule has 0 atom stereocenters. The molecule has 0 spiro atoms. The van der Waals surface area contributed by atoms with Crippen LogP contribution in [0.15, 0.2) is 65.2 Å². The molecule has 164 valence electrons. The summed E-state index contributed by atoms with van der Waals surface area (Å²) >= 11 is 0. The predicted octanol–water partition coefficient (Wildman–Crippen LogP) is 5.30. The number of hydrogen-bond donors (Lipinski definition) is 1. The number of carbonyl (C=O) groups is 1. The fraction of sp³-hybridized carbons (Fsp3) is 0.240. The van der Waals surface area contributed by atoms with E-state index < -0.39 is 5.97 Å². The minimum absolute atomic E-state index is 0.0421. The van der Waals surface area contributed by atoms with E-state index in [1.165, 1.54) is 0 Å². The maximum absolute atomic E-state index is 11.4. The molecule has 0 radical (unpaired) electrons. The van der Waals surface area contributed by atoms with Gasteiger partial charge in [-0.05, 0) is 42.7 Å². The number of aromatic nitrogens is 3. The molecule has 4 aromatic rings. The second-order valence-electron chi connectivity index (χ2n) is 7.91. The maximum Gasteiger partial charge on any atom is 0.339 e. The quantitative estimate of drug-likeness (QED) is 0.407. The summed E-state index contributed by atoms with van der Waals surface area (Å²) in [5.74, 6) is 1.11. The minimum atomic E-state index is -0.956.